The van der Waals surface area contributed by atoms with E-state index in [4.69, 9.17) is 4.74 Å². The number of amides is 2. The first-order valence-electron chi connectivity index (χ1n) is 7.86. The van der Waals surface area contributed by atoms with Crippen LogP contribution in [0.15, 0.2) is 24.3 Å². The fourth-order valence-electron chi connectivity index (χ4n) is 2.51. The number of nitrogens with one attached hydrogen (secondary N) is 1. The van der Waals surface area contributed by atoms with Gasteiger partial charge in [0, 0.05) is 12.1 Å². The maximum Gasteiger partial charge on any atom is 0.410 e. The molecule has 23 heavy (non-hydrogen) atoms. The van der Waals surface area contributed by atoms with Gasteiger partial charge in [0.2, 0.25) is 5.91 Å². The van der Waals surface area contributed by atoms with Gasteiger partial charge in [-0.25, -0.2) is 4.79 Å². The van der Waals surface area contributed by atoms with E-state index in [-0.39, 0.29) is 31.4 Å². The monoisotopic (exact) mass is 320 g/mol. The van der Waals surface area contributed by atoms with Crippen LogP contribution in [0.25, 0.3) is 0 Å². The number of aliphatic hydroxyl groups excluding tert-OH is 1. The average molecular weight is 320 g/mol. The second kappa shape index (κ2) is 7.46. The van der Waals surface area contributed by atoms with E-state index < -0.39 is 18.2 Å². The Morgan fingerprint density at radius 3 is 2.74 bits per heavy atom. The molecule has 2 atom stereocenters. The second-order valence-electron chi connectivity index (χ2n) is 6.33. The number of aryl methyl sites for hydroxylation is 1. The Balaban J connectivity index is 2.05. The minimum atomic E-state index is -0.718. The number of carbonyl (C=O) groups is 2. The van der Waals surface area contributed by atoms with Crippen molar-refractivity contribution in [1.82, 2.24) is 4.90 Å². The molecule has 0 radical (unpaired) electrons. The van der Waals surface area contributed by atoms with E-state index in [1.54, 1.807) is 6.07 Å². The Kier molecular flexibility index (Phi) is 5.60. The highest BCUT2D eigenvalue weighted by molar-refractivity contribution is 5.97. The summed E-state index contributed by atoms with van der Waals surface area (Å²) in [5.74, 6) is -0.0944. The first-order chi connectivity index (χ1) is 10.9. The van der Waals surface area contributed by atoms with Crippen LogP contribution < -0.4 is 5.32 Å². The van der Waals surface area contributed by atoms with Crippen molar-refractivity contribution in [2.24, 2.45) is 5.92 Å². The molecule has 0 spiro atoms. The minimum Gasteiger partial charge on any atom is -0.449 e. The number of rotatable bonds is 4. The quantitative estimate of drug-likeness (QED) is 0.891. The zero-order valence-corrected chi connectivity index (χ0v) is 13.8. The fourth-order valence-corrected chi connectivity index (χ4v) is 2.51. The van der Waals surface area contributed by atoms with Crippen LogP contribution in [0.1, 0.15) is 25.8 Å². The molecule has 1 aliphatic rings. The van der Waals surface area contributed by atoms with Crippen molar-refractivity contribution in [1.29, 1.82) is 0 Å². The maximum absolute atomic E-state index is 12.5. The topological polar surface area (TPSA) is 78.9 Å². The van der Waals surface area contributed by atoms with Crippen LogP contribution in [-0.2, 0) is 9.53 Å². The summed E-state index contributed by atoms with van der Waals surface area (Å²) in [6.45, 7) is 6.18. The Bertz CT molecular complexity index is 573. The van der Waals surface area contributed by atoms with Crippen molar-refractivity contribution in [3.8, 4) is 0 Å². The Morgan fingerprint density at radius 1 is 1.39 bits per heavy atom. The van der Waals surface area contributed by atoms with E-state index in [1.165, 1.54) is 4.90 Å². The van der Waals surface area contributed by atoms with Gasteiger partial charge in [0.25, 0.3) is 0 Å². The van der Waals surface area contributed by atoms with Gasteiger partial charge in [-0.05, 0) is 24.5 Å². The number of hydrogen-bond donors (Lipinski definition) is 2. The molecule has 0 aliphatic carbocycles. The molecule has 6 heteroatoms. The summed E-state index contributed by atoms with van der Waals surface area (Å²) in [6.07, 6.45) is -1.05. The highest BCUT2D eigenvalue weighted by atomic mass is 16.6. The molecule has 2 rings (SSSR count). The van der Waals surface area contributed by atoms with E-state index in [9.17, 15) is 14.7 Å². The van der Waals surface area contributed by atoms with Crippen molar-refractivity contribution < 1.29 is 19.4 Å². The van der Waals surface area contributed by atoms with Gasteiger partial charge in [0.1, 0.15) is 6.04 Å². The SMILES string of the molecule is Cc1ccccc1NC(=O)C1CC(O)CN1C(=O)OCC(C)C. The first-order valence-corrected chi connectivity index (χ1v) is 7.86. The number of ether oxygens (including phenoxy) is 1. The Labute approximate surface area is 136 Å². The van der Waals surface area contributed by atoms with Gasteiger partial charge in [-0.2, -0.15) is 0 Å². The van der Waals surface area contributed by atoms with Crippen LogP contribution >= 0.6 is 0 Å². The third kappa shape index (κ3) is 4.45. The number of para-hydroxylation sites is 1. The van der Waals surface area contributed by atoms with Gasteiger partial charge in [0.15, 0.2) is 0 Å². The largest absolute Gasteiger partial charge is 0.449 e. The predicted octanol–water partition coefficient (Wildman–Crippen LogP) is 2.16. The van der Waals surface area contributed by atoms with Crippen molar-refractivity contribution in [3.63, 3.8) is 0 Å². The number of hydrogen-bond acceptors (Lipinski definition) is 4. The molecule has 2 N–H and O–H groups in total. The predicted molar refractivity (Wildman–Crippen MR) is 87.1 cm³/mol. The molecule has 6 nitrogen and oxygen atoms in total. The van der Waals surface area contributed by atoms with E-state index in [1.807, 2.05) is 39.0 Å². The maximum atomic E-state index is 12.5. The molecule has 1 aliphatic heterocycles. The summed E-state index contributed by atoms with van der Waals surface area (Å²) in [7, 11) is 0. The molecule has 1 saturated heterocycles. The summed E-state index contributed by atoms with van der Waals surface area (Å²) < 4.78 is 5.19. The lowest BCUT2D eigenvalue weighted by Crippen LogP contribution is -2.43. The third-order valence-electron chi connectivity index (χ3n) is 3.76. The van der Waals surface area contributed by atoms with Crippen LogP contribution in [0.3, 0.4) is 0 Å². The van der Waals surface area contributed by atoms with E-state index in [0.717, 1.165) is 5.56 Å². The smallest absolute Gasteiger partial charge is 0.410 e. The van der Waals surface area contributed by atoms with Crippen LogP contribution in [0, 0.1) is 12.8 Å². The van der Waals surface area contributed by atoms with E-state index in [0.29, 0.717) is 5.69 Å². The van der Waals surface area contributed by atoms with Crippen molar-refractivity contribution >= 4 is 17.7 Å². The van der Waals surface area contributed by atoms with Crippen molar-refractivity contribution in [2.75, 3.05) is 18.5 Å². The molecular formula is C17H24N2O4. The highest BCUT2D eigenvalue weighted by Crippen LogP contribution is 2.22. The van der Waals surface area contributed by atoms with Crippen molar-refractivity contribution in [3.05, 3.63) is 29.8 Å². The van der Waals surface area contributed by atoms with Crippen LogP contribution in [0.2, 0.25) is 0 Å². The normalized spacial score (nSPS) is 20.7. The standard InChI is InChI=1S/C17H24N2O4/c1-11(2)10-23-17(22)19-9-13(20)8-15(19)16(21)18-14-7-5-4-6-12(14)3/h4-7,11,13,15,20H,8-10H2,1-3H3,(H,18,21). The van der Waals surface area contributed by atoms with Gasteiger partial charge in [0.05, 0.1) is 19.3 Å². The molecule has 1 aromatic carbocycles. The number of β-amino-alcohol motifs (C(OH)–C–C–N with tert-alkyl or cyclic N) is 1. The lowest BCUT2D eigenvalue weighted by molar-refractivity contribution is -0.120. The van der Waals surface area contributed by atoms with Crippen molar-refractivity contribution in [2.45, 2.75) is 39.3 Å². The first kappa shape index (κ1) is 17.3. The molecule has 0 bridgehead atoms. The molecule has 1 fully saturated rings. The van der Waals surface area contributed by atoms with Gasteiger partial charge in [-0.1, -0.05) is 32.0 Å². The van der Waals surface area contributed by atoms with Gasteiger partial charge in [-0.3, -0.25) is 9.69 Å². The minimum absolute atomic E-state index is 0.114. The Hall–Kier alpha value is -2.08. The molecule has 126 valence electrons. The molecule has 1 heterocycles. The number of likely N-dealkylation sites (tertiary alicyclic amines) is 1. The number of benzene rings is 1. The number of aliphatic hydroxyl groups is 1. The fraction of sp³-hybridized carbons (Fsp3) is 0.529. The molecule has 0 aromatic heterocycles. The summed E-state index contributed by atoms with van der Waals surface area (Å²) >= 11 is 0. The second-order valence-corrected chi connectivity index (χ2v) is 6.33. The summed E-state index contributed by atoms with van der Waals surface area (Å²) in [5.41, 5.74) is 1.64. The number of carbonyl (C=O) groups excluding carboxylic acids is 2. The summed E-state index contributed by atoms with van der Waals surface area (Å²) in [4.78, 5) is 25.9. The van der Waals surface area contributed by atoms with Gasteiger partial charge >= 0.3 is 6.09 Å². The zero-order chi connectivity index (χ0) is 17.0. The van der Waals surface area contributed by atoms with Gasteiger partial charge in [-0.15, -0.1) is 0 Å². The van der Waals surface area contributed by atoms with Crippen LogP contribution in [0.5, 0.6) is 0 Å². The Morgan fingerprint density at radius 2 is 2.09 bits per heavy atom. The number of nitrogens with zero attached hydrogens (tertiary/aromatic N) is 1. The summed E-state index contributed by atoms with van der Waals surface area (Å²) in [6, 6.07) is 6.71. The lowest BCUT2D eigenvalue weighted by Gasteiger charge is -2.23. The molecule has 0 saturated carbocycles. The summed E-state index contributed by atoms with van der Waals surface area (Å²) in [5, 5.41) is 12.7. The molecule has 2 unspecified atom stereocenters. The average Bonchev–Trinajstić information content (AvgIpc) is 2.89. The zero-order valence-electron chi connectivity index (χ0n) is 13.8. The third-order valence-corrected chi connectivity index (χ3v) is 3.76. The number of anilines is 1. The van der Waals surface area contributed by atoms with E-state index in [2.05, 4.69) is 5.32 Å². The van der Waals surface area contributed by atoms with Crippen LogP contribution in [0.4, 0.5) is 10.5 Å². The highest BCUT2D eigenvalue weighted by Gasteiger charge is 2.40. The lowest BCUT2D eigenvalue weighted by atomic mass is 10.1. The molecule has 2 amide bonds. The van der Waals surface area contributed by atoms with Gasteiger partial charge < -0.3 is 15.2 Å². The van der Waals surface area contributed by atoms with E-state index >= 15 is 0 Å². The molecular weight excluding hydrogens is 296 g/mol. The van der Waals surface area contributed by atoms with Crippen LogP contribution in [-0.4, -0.2) is 47.3 Å². The molecule has 1 aromatic rings.